The number of allylic oxidation sites excluding steroid dienone is 2. The van der Waals surface area contributed by atoms with Crippen LogP contribution in [0.4, 0.5) is 0 Å². The molecular weight excluding hydrogens is 134 g/mol. The van der Waals surface area contributed by atoms with Gasteiger partial charge in [0.1, 0.15) is 0 Å². The molecule has 0 unspecified atom stereocenters. The number of nitrogens with zero attached hydrogens (tertiary/aromatic N) is 1. The summed E-state index contributed by atoms with van der Waals surface area (Å²) >= 11 is 0. The molecule has 0 aliphatic carbocycles. The molecule has 0 spiro atoms. The van der Waals surface area contributed by atoms with Crippen LogP contribution in [0.3, 0.4) is 0 Å². The molecule has 1 nitrogen and oxygen atoms in total. The molecule has 1 aliphatic heterocycles. The average molecular weight is 149 g/mol. The van der Waals surface area contributed by atoms with E-state index >= 15 is 0 Å². The maximum absolute atomic E-state index is 3.64. The number of rotatable bonds is 2. The lowest BCUT2D eigenvalue weighted by Gasteiger charge is -2.04. The molecule has 0 saturated heterocycles. The minimum Gasteiger partial charge on any atom is -0.298 e. The summed E-state index contributed by atoms with van der Waals surface area (Å²) in [7, 11) is 2.14. The van der Waals surface area contributed by atoms with E-state index in [1.54, 1.807) is 0 Å². The van der Waals surface area contributed by atoms with Crippen molar-refractivity contribution >= 4 is 0 Å². The molecule has 0 aromatic carbocycles. The van der Waals surface area contributed by atoms with E-state index < -0.39 is 0 Å². The fourth-order valence-corrected chi connectivity index (χ4v) is 1.37. The second-order valence-corrected chi connectivity index (χ2v) is 3.07. The maximum Gasteiger partial charge on any atom is 0.0234 e. The summed E-state index contributed by atoms with van der Waals surface area (Å²) in [5.74, 6) is 0. The highest BCUT2D eigenvalue weighted by Crippen LogP contribution is 2.15. The van der Waals surface area contributed by atoms with Crippen molar-refractivity contribution in [2.24, 2.45) is 0 Å². The third kappa shape index (κ3) is 2.05. The van der Waals surface area contributed by atoms with Gasteiger partial charge in [-0.05, 0) is 19.5 Å². The first-order valence-corrected chi connectivity index (χ1v) is 3.90. The van der Waals surface area contributed by atoms with Gasteiger partial charge in [-0.25, -0.2) is 0 Å². The van der Waals surface area contributed by atoms with Gasteiger partial charge in [0.2, 0.25) is 0 Å². The van der Waals surface area contributed by atoms with Crippen LogP contribution >= 0.6 is 0 Å². The third-order valence-corrected chi connectivity index (χ3v) is 1.93. The molecule has 0 fully saturated rings. The molecule has 0 atom stereocenters. The molecule has 0 aromatic rings. The predicted octanol–water partition coefficient (Wildman–Crippen LogP) is 1.99. The summed E-state index contributed by atoms with van der Waals surface area (Å²) < 4.78 is 0. The highest BCUT2D eigenvalue weighted by atomic mass is 15.1. The van der Waals surface area contributed by atoms with Gasteiger partial charge in [0.25, 0.3) is 0 Å². The van der Waals surface area contributed by atoms with Crippen molar-refractivity contribution in [3.05, 3.63) is 36.0 Å². The standard InChI is InChI=1S/C10H15N/c1-4-5-6-10-8-11(3)7-9(10)2/h4-6H,1,7-8H2,2-3H3/b6-5-. The van der Waals surface area contributed by atoms with Gasteiger partial charge in [-0.2, -0.15) is 0 Å². The van der Waals surface area contributed by atoms with Crippen LogP contribution in [0.2, 0.25) is 0 Å². The Hall–Kier alpha value is -0.820. The second-order valence-electron chi connectivity index (χ2n) is 3.07. The molecule has 0 bridgehead atoms. The molecular formula is C10H15N. The highest BCUT2D eigenvalue weighted by molar-refractivity contribution is 5.32. The fraction of sp³-hybridized carbons (Fsp3) is 0.400. The monoisotopic (exact) mass is 149 g/mol. The van der Waals surface area contributed by atoms with E-state index in [1.165, 1.54) is 11.1 Å². The lowest BCUT2D eigenvalue weighted by molar-refractivity contribution is 0.426. The van der Waals surface area contributed by atoms with Crippen molar-refractivity contribution in [2.45, 2.75) is 6.92 Å². The van der Waals surface area contributed by atoms with Gasteiger partial charge < -0.3 is 0 Å². The zero-order chi connectivity index (χ0) is 8.27. The quantitative estimate of drug-likeness (QED) is 0.543. The third-order valence-electron chi connectivity index (χ3n) is 1.93. The van der Waals surface area contributed by atoms with Gasteiger partial charge in [0, 0.05) is 13.1 Å². The molecule has 1 rings (SSSR count). The molecule has 1 heterocycles. The van der Waals surface area contributed by atoms with Gasteiger partial charge in [0.05, 0.1) is 0 Å². The SMILES string of the molecule is C=C/C=C\C1=C(C)CN(C)C1. The molecule has 0 saturated carbocycles. The predicted molar refractivity (Wildman–Crippen MR) is 49.5 cm³/mol. The normalized spacial score (nSPS) is 20.2. The highest BCUT2D eigenvalue weighted by Gasteiger charge is 2.12. The van der Waals surface area contributed by atoms with Gasteiger partial charge in [0.15, 0.2) is 0 Å². The first-order chi connectivity index (χ1) is 5.24. The molecule has 0 radical (unpaired) electrons. The minimum absolute atomic E-state index is 1.08. The van der Waals surface area contributed by atoms with Crippen LogP contribution in [0.15, 0.2) is 36.0 Å². The van der Waals surface area contributed by atoms with Gasteiger partial charge >= 0.3 is 0 Å². The fourth-order valence-electron chi connectivity index (χ4n) is 1.37. The number of hydrogen-bond donors (Lipinski definition) is 0. The van der Waals surface area contributed by atoms with Crippen LogP contribution < -0.4 is 0 Å². The Kier molecular flexibility index (Phi) is 2.66. The summed E-state index contributed by atoms with van der Waals surface area (Å²) in [5.41, 5.74) is 2.91. The van der Waals surface area contributed by atoms with Crippen molar-refractivity contribution in [1.29, 1.82) is 0 Å². The van der Waals surface area contributed by atoms with Crippen molar-refractivity contribution in [3.8, 4) is 0 Å². The largest absolute Gasteiger partial charge is 0.298 e. The summed E-state index contributed by atoms with van der Waals surface area (Å²) in [6.45, 7) is 8.02. The van der Waals surface area contributed by atoms with Crippen molar-refractivity contribution in [1.82, 2.24) is 4.90 Å². The van der Waals surface area contributed by atoms with Crippen LogP contribution in [0.1, 0.15) is 6.92 Å². The van der Waals surface area contributed by atoms with E-state index in [0.717, 1.165) is 13.1 Å². The molecule has 1 aliphatic rings. The first kappa shape index (κ1) is 8.28. The van der Waals surface area contributed by atoms with Crippen LogP contribution in [0, 0.1) is 0 Å². The summed E-state index contributed by atoms with van der Waals surface area (Å²) in [4.78, 5) is 2.30. The van der Waals surface area contributed by atoms with Crippen molar-refractivity contribution < 1.29 is 0 Å². The van der Waals surface area contributed by atoms with E-state index in [0.29, 0.717) is 0 Å². The molecule has 60 valence electrons. The first-order valence-electron chi connectivity index (χ1n) is 3.90. The van der Waals surface area contributed by atoms with E-state index in [4.69, 9.17) is 0 Å². The lowest BCUT2D eigenvalue weighted by Crippen LogP contribution is -2.14. The minimum atomic E-state index is 1.08. The maximum atomic E-state index is 3.64. The Balaban J connectivity index is 2.64. The Labute approximate surface area is 68.7 Å². The van der Waals surface area contributed by atoms with Crippen molar-refractivity contribution in [3.63, 3.8) is 0 Å². The van der Waals surface area contributed by atoms with Gasteiger partial charge in [-0.3, -0.25) is 4.90 Å². The second kappa shape index (κ2) is 3.54. The Morgan fingerprint density at radius 1 is 1.45 bits per heavy atom. The van der Waals surface area contributed by atoms with E-state index in [1.807, 2.05) is 12.2 Å². The molecule has 0 amide bonds. The summed E-state index contributed by atoms with van der Waals surface area (Å²) in [5, 5.41) is 0. The Morgan fingerprint density at radius 3 is 2.64 bits per heavy atom. The zero-order valence-electron chi connectivity index (χ0n) is 7.30. The van der Waals surface area contributed by atoms with Crippen LogP contribution in [0.5, 0.6) is 0 Å². The Bertz CT molecular complexity index is 211. The van der Waals surface area contributed by atoms with Crippen LogP contribution in [0.25, 0.3) is 0 Å². The lowest BCUT2D eigenvalue weighted by atomic mass is 10.2. The summed E-state index contributed by atoms with van der Waals surface area (Å²) in [6, 6.07) is 0. The average Bonchev–Trinajstić information content (AvgIpc) is 2.26. The number of hydrogen-bond acceptors (Lipinski definition) is 1. The van der Waals surface area contributed by atoms with Gasteiger partial charge in [-0.1, -0.05) is 30.4 Å². The van der Waals surface area contributed by atoms with E-state index in [9.17, 15) is 0 Å². The molecule has 0 aromatic heterocycles. The molecule has 1 heteroatoms. The van der Waals surface area contributed by atoms with E-state index in [-0.39, 0.29) is 0 Å². The Morgan fingerprint density at radius 2 is 2.18 bits per heavy atom. The van der Waals surface area contributed by atoms with Crippen LogP contribution in [-0.2, 0) is 0 Å². The zero-order valence-corrected chi connectivity index (χ0v) is 7.30. The summed E-state index contributed by atoms with van der Waals surface area (Å²) in [6.07, 6.45) is 5.96. The number of likely N-dealkylation sites (N-methyl/N-ethyl adjacent to an activating group) is 1. The molecule has 0 N–H and O–H groups in total. The van der Waals surface area contributed by atoms with E-state index in [2.05, 4.69) is 31.5 Å². The van der Waals surface area contributed by atoms with Gasteiger partial charge in [-0.15, -0.1) is 0 Å². The van der Waals surface area contributed by atoms with Crippen LogP contribution in [-0.4, -0.2) is 25.0 Å². The van der Waals surface area contributed by atoms with Crippen molar-refractivity contribution in [2.75, 3.05) is 20.1 Å². The topological polar surface area (TPSA) is 3.24 Å². The molecule has 11 heavy (non-hydrogen) atoms. The smallest absolute Gasteiger partial charge is 0.0234 e.